The molecule has 3 nitrogen and oxygen atoms in total. The fourth-order valence-corrected chi connectivity index (χ4v) is 5.07. The van der Waals surface area contributed by atoms with E-state index in [9.17, 15) is 0 Å². The lowest BCUT2D eigenvalue weighted by molar-refractivity contribution is 1.26. The van der Waals surface area contributed by atoms with Gasteiger partial charge in [0.25, 0.3) is 0 Å². The molecule has 7 rings (SSSR count). The number of pyridine rings is 1. The molecule has 0 fully saturated rings. The lowest BCUT2D eigenvalue weighted by Gasteiger charge is -2.17. The van der Waals surface area contributed by atoms with Crippen LogP contribution >= 0.6 is 0 Å². The highest BCUT2D eigenvalue weighted by Gasteiger charge is 2.19. The first-order valence-electron chi connectivity index (χ1n) is 11.8. The average Bonchev–Trinajstić information content (AvgIpc) is 2.92. The Balaban J connectivity index is 1.61. The molecule has 5 aromatic carbocycles. The predicted octanol–water partition coefficient (Wildman–Crippen LogP) is 8.08. The summed E-state index contributed by atoms with van der Waals surface area (Å²) in [4.78, 5) is 15.3. The monoisotopic (exact) mass is 447 g/mol. The number of aryl methyl sites for hydroxylation is 1. The normalized spacial score (nSPS) is 11.6. The molecule has 3 heteroatoms. The summed E-state index contributed by atoms with van der Waals surface area (Å²) in [6, 6.07) is 37.8. The van der Waals surface area contributed by atoms with E-state index in [1.807, 2.05) is 12.1 Å². The van der Waals surface area contributed by atoms with Crippen LogP contribution in [0.3, 0.4) is 0 Å². The Bertz CT molecular complexity index is 1730. The largest absolute Gasteiger partial charge is 0.246 e. The molecule has 2 heterocycles. The molecule has 0 saturated heterocycles. The van der Waals surface area contributed by atoms with Crippen molar-refractivity contribution in [3.05, 3.63) is 115 Å². The second-order valence-corrected chi connectivity index (χ2v) is 8.97. The summed E-state index contributed by atoms with van der Waals surface area (Å²) in [5, 5.41) is 4.50. The second kappa shape index (κ2) is 7.71. The third-order valence-electron chi connectivity index (χ3n) is 6.67. The van der Waals surface area contributed by atoms with Crippen LogP contribution in [0.4, 0.5) is 0 Å². The van der Waals surface area contributed by atoms with Gasteiger partial charge in [-0.3, -0.25) is 0 Å². The molecule has 7 aromatic rings. The van der Waals surface area contributed by atoms with E-state index in [1.165, 1.54) is 10.9 Å². The van der Waals surface area contributed by atoms with Crippen molar-refractivity contribution in [2.45, 2.75) is 6.92 Å². The molecule has 2 aromatic heterocycles. The third-order valence-corrected chi connectivity index (χ3v) is 6.67. The fourth-order valence-electron chi connectivity index (χ4n) is 5.07. The lowest BCUT2D eigenvalue weighted by atomic mass is 9.93. The van der Waals surface area contributed by atoms with Crippen molar-refractivity contribution in [2.75, 3.05) is 0 Å². The van der Waals surface area contributed by atoms with Crippen LogP contribution in [0.1, 0.15) is 5.56 Å². The van der Waals surface area contributed by atoms with E-state index in [4.69, 9.17) is 15.0 Å². The average molecular weight is 448 g/mol. The smallest absolute Gasteiger partial charge is 0.160 e. The lowest BCUT2D eigenvalue weighted by Crippen LogP contribution is -1.98. The Morgan fingerprint density at radius 1 is 0.457 bits per heavy atom. The van der Waals surface area contributed by atoms with Crippen molar-refractivity contribution >= 4 is 32.6 Å². The number of hydrogen-bond donors (Lipinski definition) is 0. The molecular weight excluding hydrogens is 426 g/mol. The highest BCUT2D eigenvalue weighted by atomic mass is 14.9. The maximum absolute atomic E-state index is 5.23. The molecule has 0 bridgehead atoms. The van der Waals surface area contributed by atoms with Gasteiger partial charge in [-0.2, -0.15) is 0 Å². The van der Waals surface area contributed by atoms with Crippen molar-refractivity contribution in [3.63, 3.8) is 0 Å². The molecule has 0 unspecified atom stereocenters. The van der Waals surface area contributed by atoms with Gasteiger partial charge in [0.15, 0.2) is 5.82 Å². The summed E-state index contributed by atoms with van der Waals surface area (Å²) >= 11 is 0. The van der Waals surface area contributed by atoms with Crippen LogP contribution < -0.4 is 0 Å². The van der Waals surface area contributed by atoms with Gasteiger partial charge in [0, 0.05) is 38.2 Å². The second-order valence-electron chi connectivity index (χ2n) is 8.97. The Morgan fingerprint density at radius 2 is 1.00 bits per heavy atom. The SMILES string of the molecule is Cc1cccc(-c2nc3ccc4c(-c5ccccc5)nc(-c5ccccc5)c5ccc(n2)c3c45)c1. The van der Waals surface area contributed by atoms with Crippen LogP contribution in [0.2, 0.25) is 0 Å². The van der Waals surface area contributed by atoms with Crippen LogP contribution in [0.25, 0.3) is 66.5 Å². The highest BCUT2D eigenvalue weighted by Crippen LogP contribution is 2.41. The molecule has 0 radical (unpaired) electrons. The number of hydrogen-bond acceptors (Lipinski definition) is 3. The summed E-state index contributed by atoms with van der Waals surface area (Å²) in [5.74, 6) is 0.754. The zero-order valence-electron chi connectivity index (χ0n) is 19.2. The number of nitrogens with zero attached hydrogens (tertiary/aromatic N) is 3. The Kier molecular flexibility index (Phi) is 4.36. The van der Waals surface area contributed by atoms with Gasteiger partial charge >= 0.3 is 0 Å². The van der Waals surface area contributed by atoms with Crippen molar-refractivity contribution < 1.29 is 0 Å². The molecule has 35 heavy (non-hydrogen) atoms. The van der Waals surface area contributed by atoms with E-state index in [2.05, 4.69) is 104 Å². The molecule has 0 saturated carbocycles. The van der Waals surface area contributed by atoms with Gasteiger partial charge < -0.3 is 0 Å². The van der Waals surface area contributed by atoms with E-state index in [1.54, 1.807) is 0 Å². The van der Waals surface area contributed by atoms with E-state index in [-0.39, 0.29) is 0 Å². The van der Waals surface area contributed by atoms with Gasteiger partial charge in [-0.15, -0.1) is 0 Å². The summed E-state index contributed by atoms with van der Waals surface area (Å²) in [6.07, 6.45) is 0. The third kappa shape index (κ3) is 3.17. The first-order chi connectivity index (χ1) is 17.3. The first kappa shape index (κ1) is 19.8. The molecule has 0 aliphatic rings. The maximum atomic E-state index is 5.23. The van der Waals surface area contributed by atoms with Crippen molar-refractivity contribution in [2.24, 2.45) is 0 Å². The van der Waals surface area contributed by atoms with E-state index in [0.29, 0.717) is 0 Å². The minimum absolute atomic E-state index is 0.754. The molecule has 0 N–H and O–H groups in total. The standard InChI is InChI=1S/C32H21N3/c1-20-9-8-14-23(19-20)32-33-26-17-15-24-28-25(16-18-27(34-32)29(26)28)31(22-12-6-3-7-13-22)35-30(24)21-10-4-2-5-11-21/h2-19H,1H3. The fraction of sp³-hybridized carbons (Fsp3) is 0.0312. The van der Waals surface area contributed by atoms with Crippen LogP contribution in [-0.4, -0.2) is 15.0 Å². The van der Waals surface area contributed by atoms with Gasteiger partial charge in [0.2, 0.25) is 0 Å². The van der Waals surface area contributed by atoms with Gasteiger partial charge in [-0.05, 0) is 37.3 Å². The van der Waals surface area contributed by atoms with E-state index in [0.717, 1.165) is 61.1 Å². The van der Waals surface area contributed by atoms with Crippen LogP contribution in [0.15, 0.2) is 109 Å². The summed E-state index contributed by atoms with van der Waals surface area (Å²) in [6.45, 7) is 2.09. The molecule has 0 atom stereocenters. The summed E-state index contributed by atoms with van der Waals surface area (Å²) < 4.78 is 0. The highest BCUT2D eigenvalue weighted by molar-refractivity contribution is 6.26. The molecular formula is C32H21N3. The number of benzene rings is 5. The molecule has 0 aliphatic heterocycles. The van der Waals surface area contributed by atoms with Gasteiger partial charge in [0.05, 0.1) is 22.4 Å². The molecule has 164 valence electrons. The first-order valence-corrected chi connectivity index (χ1v) is 11.8. The zero-order chi connectivity index (χ0) is 23.4. The van der Waals surface area contributed by atoms with Crippen LogP contribution in [0, 0.1) is 6.92 Å². The van der Waals surface area contributed by atoms with E-state index >= 15 is 0 Å². The molecule has 0 aliphatic carbocycles. The van der Waals surface area contributed by atoms with Crippen molar-refractivity contribution in [3.8, 4) is 33.9 Å². The summed E-state index contributed by atoms with van der Waals surface area (Å²) in [7, 11) is 0. The van der Waals surface area contributed by atoms with Crippen molar-refractivity contribution in [1.29, 1.82) is 0 Å². The minimum Gasteiger partial charge on any atom is -0.246 e. The quantitative estimate of drug-likeness (QED) is 0.257. The summed E-state index contributed by atoms with van der Waals surface area (Å²) in [5.41, 5.74) is 8.30. The topological polar surface area (TPSA) is 38.7 Å². The Labute approximate surface area is 203 Å². The molecule has 0 spiro atoms. The van der Waals surface area contributed by atoms with Crippen molar-refractivity contribution in [1.82, 2.24) is 15.0 Å². The zero-order valence-corrected chi connectivity index (χ0v) is 19.2. The Morgan fingerprint density at radius 3 is 1.54 bits per heavy atom. The molecule has 0 amide bonds. The Hall–Kier alpha value is -4.63. The maximum Gasteiger partial charge on any atom is 0.160 e. The number of rotatable bonds is 3. The van der Waals surface area contributed by atoms with Gasteiger partial charge in [-0.1, -0.05) is 84.4 Å². The van der Waals surface area contributed by atoms with Gasteiger partial charge in [-0.25, -0.2) is 15.0 Å². The van der Waals surface area contributed by atoms with Crippen LogP contribution in [0.5, 0.6) is 0 Å². The van der Waals surface area contributed by atoms with Gasteiger partial charge in [0.1, 0.15) is 0 Å². The van der Waals surface area contributed by atoms with Crippen LogP contribution in [-0.2, 0) is 0 Å². The minimum atomic E-state index is 0.754. The van der Waals surface area contributed by atoms with E-state index < -0.39 is 0 Å². The number of aromatic nitrogens is 3. The predicted molar refractivity (Wildman–Crippen MR) is 145 cm³/mol.